The fourth-order valence-electron chi connectivity index (χ4n) is 2.08. The van der Waals surface area contributed by atoms with Crippen LogP contribution in [0.5, 0.6) is 0 Å². The molecule has 0 radical (unpaired) electrons. The van der Waals surface area contributed by atoms with Crippen LogP contribution in [-0.2, 0) is 12.8 Å². The molecule has 2 rings (SSSR count). The highest BCUT2D eigenvalue weighted by molar-refractivity contribution is 5.47. The van der Waals surface area contributed by atoms with Gasteiger partial charge in [-0.2, -0.15) is 0 Å². The quantitative estimate of drug-likeness (QED) is 0.821. The van der Waals surface area contributed by atoms with Crippen molar-refractivity contribution in [2.24, 2.45) is 0 Å². The second-order valence-corrected chi connectivity index (χ2v) is 4.82. The van der Waals surface area contributed by atoms with E-state index in [2.05, 4.69) is 27.5 Å². The van der Waals surface area contributed by atoms with Crippen LogP contribution < -0.4 is 10.6 Å². The first kappa shape index (κ1) is 15.2. The van der Waals surface area contributed by atoms with Crippen molar-refractivity contribution in [2.75, 3.05) is 24.2 Å². The molecule has 1 aromatic heterocycles. The molecule has 2 N–H and O–H groups in total. The zero-order valence-corrected chi connectivity index (χ0v) is 12.5. The Morgan fingerprint density at radius 1 is 1.10 bits per heavy atom. The van der Waals surface area contributed by atoms with Crippen molar-refractivity contribution >= 4 is 11.6 Å². The molecular weight excluding hydrogens is 267 g/mol. The van der Waals surface area contributed by atoms with E-state index in [0.29, 0.717) is 18.5 Å². The molecule has 0 saturated carbocycles. The maximum atomic E-state index is 13.5. The van der Waals surface area contributed by atoms with Crippen LogP contribution >= 0.6 is 0 Å². The minimum Gasteiger partial charge on any atom is -0.373 e. The van der Waals surface area contributed by atoms with Crippen molar-refractivity contribution in [1.82, 2.24) is 9.97 Å². The predicted molar refractivity (Wildman–Crippen MR) is 84.2 cm³/mol. The van der Waals surface area contributed by atoms with E-state index in [1.54, 1.807) is 12.1 Å². The van der Waals surface area contributed by atoms with Crippen LogP contribution in [0.4, 0.5) is 16.0 Å². The largest absolute Gasteiger partial charge is 0.373 e. The van der Waals surface area contributed by atoms with Crippen LogP contribution in [0.1, 0.15) is 24.7 Å². The minimum atomic E-state index is -0.162. The molecule has 21 heavy (non-hydrogen) atoms. The summed E-state index contributed by atoms with van der Waals surface area (Å²) in [6.45, 7) is 2.73. The van der Waals surface area contributed by atoms with E-state index in [9.17, 15) is 4.39 Å². The number of nitrogens with zero attached hydrogens (tertiary/aromatic N) is 2. The molecule has 2 aromatic rings. The zero-order valence-electron chi connectivity index (χ0n) is 12.5. The molecule has 1 heterocycles. The van der Waals surface area contributed by atoms with Crippen LogP contribution in [0.15, 0.2) is 30.3 Å². The number of rotatable bonds is 7. The highest BCUT2D eigenvalue weighted by Crippen LogP contribution is 2.13. The smallest absolute Gasteiger partial charge is 0.133 e. The van der Waals surface area contributed by atoms with Crippen LogP contribution in [0.2, 0.25) is 0 Å². The van der Waals surface area contributed by atoms with Gasteiger partial charge in [0.05, 0.1) is 0 Å². The SMILES string of the molecule is CCCc1nc(NC)cc(NCCc2ccccc2F)n1. The summed E-state index contributed by atoms with van der Waals surface area (Å²) in [5.74, 6) is 2.22. The maximum absolute atomic E-state index is 13.5. The second-order valence-electron chi connectivity index (χ2n) is 4.82. The van der Waals surface area contributed by atoms with Gasteiger partial charge in [-0.05, 0) is 24.5 Å². The molecule has 112 valence electrons. The Balaban J connectivity index is 1.99. The molecule has 0 bridgehead atoms. The third kappa shape index (κ3) is 4.41. The summed E-state index contributed by atoms with van der Waals surface area (Å²) in [6.07, 6.45) is 2.47. The van der Waals surface area contributed by atoms with Gasteiger partial charge in [-0.3, -0.25) is 0 Å². The molecule has 0 atom stereocenters. The summed E-state index contributed by atoms with van der Waals surface area (Å²) in [4.78, 5) is 8.87. The van der Waals surface area contributed by atoms with Gasteiger partial charge in [0.2, 0.25) is 0 Å². The van der Waals surface area contributed by atoms with Crippen molar-refractivity contribution in [2.45, 2.75) is 26.2 Å². The summed E-state index contributed by atoms with van der Waals surface area (Å²) in [7, 11) is 1.83. The standard InChI is InChI=1S/C16H21FN4/c1-3-6-14-20-15(18-2)11-16(21-14)19-10-9-12-7-4-5-8-13(12)17/h4-5,7-8,11H,3,6,9-10H2,1-2H3,(H2,18,19,20,21). The van der Waals surface area contributed by atoms with E-state index < -0.39 is 0 Å². The van der Waals surface area contributed by atoms with Gasteiger partial charge in [0.15, 0.2) is 0 Å². The number of hydrogen-bond donors (Lipinski definition) is 2. The molecule has 0 unspecified atom stereocenters. The van der Waals surface area contributed by atoms with E-state index in [1.165, 1.54) is 6.07 Å². The number of halogens is 1. The first-order valence-electron chi connectivity index (χ1n) is 7.26. The fourth-order valence-corrected chi connectivity index (χ4v) is 2.08. The Labute approximate surface area is 124 Å². The summed E-state index contributed by atoms with van der Waals surface area (Å²) in [5.41, 5.74) is 0.710. The number of benzene rings is 1. The maximum Gasteiger partial charge on any atom is 0.133 e. The molecule has 0 aliphatic heterocycles. The predicted octanol–water partition coefficient (Wildman–Crippen LogP) is 3.26. The van der Waals surface area contributed by atoms with Gasteiger partial charge in [-0.1, -0.05) is 25.1 Å². The van der Waals surface area contributed by atoms with Gasteiger partial charge in [0.25, 0.3) is 0 Å². The lowest BCUT2D eigenvalue weighted by Gasteiger charge is -2.10. The third-order valence-electron chi connectivity index (χ3n) is 3.16. The number of nitrogens with one attached hydrogen (secondary N) is 2. The molecule has 1 aromatic carbocycles. The molecule has 0 aliphatic rings. The number of anilines is 2. The molecule has 4 nitrogen and oxygen atoms in total. The van der Waals surface area contributed by atoms with Gasteiger partial charge in [0.1, 0.15) is 23.3 Å². The molecule has 0 spiro atoms. The highest BCUT2D eigenvalue weighted by Gasteiger charge is 2.04. The summed E-state index contributed by atoms with van der Waals surface area (Å²) in [5, 5.41) is 6.27. The van der Waals surface area contributed by atoms with Crippen molar-refractivity contribution in [3.05, 3.63) is 47.5 Å². The van der Waals surface area contributed by atoms with Crippen LogP contribution in [0.25, 0.3) is 0 Å². The zero-order chi connectivity index (χ0) is 15.1. The number of aromatic nitrogens is 2. The van der Waals surface area contributed by atoms with E-state index in [-0.39, 0.29) is 5.82 Å². The first-order valence-corrected chi connectivity index (χ1v) is 7.26. The number of hydrogen-bond acceptors (Lipinski definition) is 4. The van der Waals surface area contributed by atoms with E-state index >= 15 is 0 Å². The van der Waals surface area contributed by atoms with Crippen molar-refractivity contribution in [3.63, 3.8) is 0 Å². The Bertz CT molecular complexity index is 586. The minimum absolute atomic E-state index is 0.162. The Kier molecular flexibility index (Phi) is 5.49. The number of aryl methyl sites for hydroxylation is 1. The lowest BCUT2D eigenvalue weighted by molar-refractivity contribution is 0.610. The fraction of sp³-hybridized carbons (Fsp3) is 0.375. The summed E-state index contributed by atoms with van der Waals surface area (Å²) in [6, 6.07) is 8.70. The van der Waals surface area contributed by atoms with E-state index in [4.69, 9.17) is 0 Å². The van der Waals surface area contributed by atoms with E-state index in [1.807, 2.05) is 19.2 Å². The highest BCUT2D eigenvalue weighted by atomic mass is 19.1. The third-order valence-corrected chi connectivity index (χ3v) is 3.16. The van der Waals surface area contributed by atoms with Crippen LogP contribution in [0.3, 0.4) is 0 Å². The second kappa shape index (κ2) is 7.57. The molecule has 0 aliphatic carbocycles. The normalized spacial score (nSPS) is 10.4. The molecule has 0 amide bonds. The lowest BCUT2D eigenvalue weighted by atomic mass is 10.1. The van der Waals surface area contributed by atoms with Crippen LogP contribution in [0, 0.1) is 5.82 Å². The van der Waals surface area contributed by atoms with Gasteiger partial charge in [-0.15, -0.1) is 0 Å². The topological polar surface area (TPSA) is 49.8 Å². The van der Waals surface area contributed by atoms with Gasteiger partial charge >= 0.3 is 0 Å². The molecular formula is C16H21FN4. The lowest BCUT2D eigenvalue weighted by Crippen LogP contribution is -2.10. The average Bonchev–Trinajstić information content (AvgIpc) is 2.49. The van der Waals surface area contributed by atoms with E-state index in [0.717, 1.165) is 30.3 Å². The Hall–Kier alpha value is -2.17. The van der Waals surface area contributed by atoms with Crippen molar-refractivity contribution in [1.29, 1.82) is 0 Å². The van der Waals surface area contributed by atoms with Gasteiger partial charge in [0, 0.05) is 26.1 Å². The monoisotopic (exact) mass is 288 g/mol. The summed E-state index contributed by atoms with van der Waals surface area (Å²) >= 11 is 0. The Morgan fingerprint density at radius 3 is 2.57 bits per heavy atom. The van der Waals surface area contributed by atoms with Gasteiger partial charge in [-0.25, -0.2) is 14.4 Å². The molecule has 0 fully saturated rings. The van der Waals surface area contributed by atoms with Crippen LogP contribution in [-0.4, -0.2) is 23.6 Å². The van der Waals surface area contributed by atoms with Gasteiger partial charge < -0.3 is 10.6 Å². The summed E-state index contributed by atoms with van der Waals surface area (Å²) < 4.78 is 13.5. The Morgan fingerprint density at radius 2 is 1.86 bits per heavy atom. The molecule has 5 heteroatoms. The average molecular weight is 288 g/mol. The van der Waals surface area contributed by atoms with Crippen molar-refractivity contribution in [3.8, 4) is 0 Å². The van der Waals surface area contributed by atoms with Crippen molar-refractivity contribution < 1.29 is 4.39 Å². The molecule has 0 saturated heterocycles. The first-order chi connectivity index (χ1) is 10.2.